The highest BCUT2D eigenvalue weighted by atomic mass is 32.1. The molecule has 1 amide bonds. The number of hydrogen-bond donors (Lipinski definition) is 2. The van der Waals surface area contributed by atoms with Gasteiger partial charge in [-0.2, -0.15) is 0 Å². The number of benzene rings is 1. The van der Waals surface area contributed by atoms with Crippen LogP contribution in [0.1, 0.15) is 15.2 Å². The maximum atomic E-state index is 13.4. The van der Waals surface area contributed by atoms with Gasteiger partial charge in [-0.25, -0.2) is 13.8 Å². The molecule has 0 radical (unpaired) electrons. The first kappa shape index (κ1) is 16.0. The number of amides is 1. The fourth-order valence-electron chi connectivity index (χ4n) is 2.13. The highest BCUT2D eigenvalue weighted by Crippen LogP contribution is 2.31. The topological polar surface area (TPSA) is 74.8 Å². The van der Waals surface area contributed by atoms with E-state index in [4.69, 9.17) is 0 Å². The predicted molar refractivity (Wildman–Crippen MR) is 87.2 cm³/mol. The van der Waals surface area contributed by atoms with Gasteiger partial charge in [0.25, 0.3) is 11.5 Å². The number of aromatic amines is 1. The van der Waals surface area contributed by atoms with Gasteiger partial charge in [-0.15, -0.1) is 11.3 Å². The smallest absolute Gasteiger partial charge is 0.263 e. The van der Waals surface area contributed by atoms with Crippen molar-refractivity contribution in [2.45, 2.75) is 6.92 Å². The summed E-state index contributed by atoms with van der Waals surface area (Å²) in [6.07, 6.45) is 1.42. The van der Waals surface area contributed by atoms with E-state index in [1.165, 1.54) is 35.7 Å². The van der Waals surface area contributed by atoms with E-state index >= 15 is 0 Å². The summed E-state index contributed by atoms with van der Waals surface area (Å²) in [5.41, 5.74) is 0.292. The van der Waals surface area contributed by atoms with Crippen LogP contribution in [-0.2, 0) is 0 Å². The first-order chi connectivity index (χ1) is 11.5. The molecular formula is C16H11F2N3O2S. The molecule has 5 nitrogen and oxygen atoms in total. The zero-order valence-corrected chi connectivity index (χ0v) is 13.2. The Hall–Kier alpha value is -2.87. The molecule has 0 aliphatic rings. The lowest BCUT2D eigenvalue weighted by Gasteiger charge is -2.01. The van der Waals surface area contributed by atoms with Crippen LogP contribution in [-0.4, -0.2) is 15.9 Å². The van der Waals surface area contributed by atoms with Crippen molar-refractivity contribution < 1.29 is 13.6 Å². The summed E-state index contributed by atoms with van der Waals surface area (Å²) in [4.78, 5) is 31.1. The minimum Gasteiger partial charge on any atom is -0.328 e. The Labute approximate surface area is 139 Å². The third-order valence-corrected chi connectivity index (χ3v) is 4.16. The number of thiazole rings is 1. The number of nitrogens with zero attached hydrogens (tertiary/aromatic N) is 1. The van der Waals surface area contributed by atoms with Gasteiger partial charge in [0.15, 0.2) is 16.8 Å². The van der Waals surface area contributed by atoms with Gasteiger partial charge in [-0.1, -0.05) is 0 Å². The molecule has 2 N–H and O–H groups in total. The number of aryl methyl sites for hydroxylation is 1. The van der Waals surface area contributed by atoms with Gasteiger partial charge in [-0.3, -0.25) is 14.9 Å². The number of carbonyl (C=O) groups is 1. The number of hydrogen-bond acceptors (Lipinski definition) is 4. The summed E-state index contributed by atoms with van der Waals surface area (Å²) in [5, 5.41) is 2.80. The molecule has 2 aromatic heterocycles. The number of anilines is 1. The number of halogens is 2. The maximum absolute atomic E-state index is 13.4. The molecule has 0 aliphatic carbocycles. The molecule has 122 valence electrons. The molecule has 1 aromatic carbocycles. The van der Waals surface area contributed by atoms with Crippen LogP contribution in [0.5, 0.6) is 0 Å². The van der Waals surface area contributed by atoms with Crippen LogP contribution >= 0.6 is 11.3 Å². The highest BCUT2D eigenvalue weighted by Gasteiger charge is 2.16. The second-order valence-electron chi connectivity index (χ2n) is 4.92. The van der Waals surface area contributed by atoms with Crippen molar-refractivity contribution in [1.82, 2.24) is 9.97 Å². The zero-order chi connectivity index (χ0) is 17.3. The van der Waals surface area contributed by atoms with Crippen LogP contribution in [0.15, 0.2) is 41.3 Å². The third-order valence-electron chi connectivity index (χ3n) is 3.27. The molecule has 0 spiro atoms. The normalized spacial score (nSPS) is 10.6. The molecule has 0 saturated heterocycles. The van der Waals surface area contributed by atoms with Crippen LogP contribution in [0.4, 0.5) is 13.9 Å². The van der Waals surface area contributed by atoms with E-state index in [1.807, 2.05) is 0 Å². The SMILES string of the molecule is Cc1sc(NC(=O)c2ccc[nH]c2=O)nc1-c1ccc(F)c(F)c1. The molecule has 0 bridgehead atoms. The van der Waals surface area contributed by atoms with Gasteiger partial charge in [-0.05, 0) is 37.3 Å². The summed E-state index contributed by atoms with van der Waals surface area (Å²) in [6.45, 7) is 1.75. The van der Waals surface area contributed by atoms with Crippen molar-refractivity contribution >= 4 is 22.4 Å². The maximum Gasteiger partial charge on any atom is 0.263 e. The molecule has 0 fully saturated rings. The standard InChI is InChI=1S/C16H11F2N3O2S/c1-8-13(9-4-5-11(17)12(18)7-9)20-16(24-8)21-15(23)10-3-2-6-19-14(10)22/h2-7H,1H3,(H,19,22)(H,20,21,23). The Bertz CT molecular complexity index is 981. The van der Waals surface area contributed by atoms with Crippen molar-refractivity contribution in [2.24, 2.45) is 0 Å². The van der Waals surface area contributed by atoms with E-state index in [0.717, 1.165) is 17.0 Å². The van der Waals surface area contributed by atoms with Crippen LogP contribution in [0.3, 0.4) is 0 Å². The second kappa shape index (κ2) is 6.32. The molecule has 2 heterocycles. The van der Waals surface area contributed by atoms with E-state index in [1.54, 1.807) is 6.92 Å². The fraction of sp³-hybridized carbons (Fsp3) is 0.0625. The molecule has 0 atom stereocenters. The number of H-pyrrole nitrogens is 1. The number of aromatic nitrogens is 2. The van der Waals surface area contributed by atoms with Gasteiger partial charge in [0.05, 0.1) is 5.69 Å². The number of pyridine rings is 1. The Morgan fingerprint density at radius 1 is 1.25 bits per heavy atom. The van der Waals surface area contributed by atoms with Crippen LogP contribution in [0, 0.1) is 18.6 Å². The molecule has 0 unspecified atom stereocenters. The van der Waals surface area contributed by atoms with Crippen molar-refractivity contribution in [3.8, 4) is 11.3 Å². The highest BCUT2D eigenvalue weighted by molar-refractivity contribution is 7.16. The zero-order valence-electron chi connectivity index (χ0n) is 12.4. The van der Waals surface area contributed by atoms with E-state index in [0.29, 0.717) is 11.3 Å². The van der Waals surface area contributed by atoms with E-state index in [9.17, 15) is 18.4 Å². The van der Waals surface area contributed by atoms with Crippen LogP contribution in [0.25, 0.3) is 11.3 Å². The quantitative estimate of drug-likeness (QED) is 0.763. The van der Waals surface area contributed by atoms with Gasteiger partial charge >= 0.3 is 0 Å². The second-order valence-corrected chi connectivity index (χ2v) is 6.12. The summed E-state index contributed by atoms with van der Waals surface area (Å²) in [7, 11) is 0. The average molecular weight is 347 g/mol. The minimum atomic E-state index is -0.971. The van der Waals surface area contributed by atoms with Gasteiger partial charge in [0.1, 0.15) is 5.56 Å². The lowest BCUT2D eigenvalue weighted by molar-refractivity contribution is 0.102. The molecule has 3 aromatic rings. The van der Waals surface area contributed by atoms with Gasteiger partial charge < -0.3 is 4.98 Å². The molecule has 24 heavy (non-hydrogen) atoms. The Morgan fingerprint density at radius 2 is 2.04 bits per heavy atom. The molecule has 0 saturated carbocycles. The summed E-state index contributed by atoms with van der Waals surface area (Å²) in [6, 6.07) is 6.41. The van der Waals surface area contributed by atoms with Gasteiger partial charge in [0, 0.05) is 16.6 Å². The fourth-order valence-corrected chi connectivity index (χ4v) is 2.96. The molecular weight excluding hydrogens is 336 g/mol. The number of rotatable bonds is 3. The molecule has 3 rings (SSSR count). The average Bonchev–Trinajstić information content (AvgIpc) is 2.91. The van der Waals surface area contributed by atoms with Crippen LogP contribution < -0.4 is 10.9 Å². The van der Waals surface area contributed by atoms with E-state index in [2.05, 4.69) is 15.3 Å². The lowest BCUT2D eigenvalue weighted by Crippen LogP contribution is -2.22. The first-order valence-corrected chi connectivity index (χ1v) is 7.69. The summed E-state index contributed by atoms with van der Waals surface area (Å²) in [5.74, 6) is -2.51. The molecule has 0 aliphatic heterocycles. The van der Waals surface area contributed by atoms with E-state index in [-0.39, 0.29) is 10.7 Å². The Balaban J connectivity index is 1.89. The largest absolute Gasteiger partial charge is 0.328 e. The predicted octanol–water partition coefficient (Wildman–Crippen LogP) is 3.34. The van der Waals surface area contributed by atoms with Crippen molar-refractivity contribution in [2.75, 3.05) is 5.32 Å². The number of nitrogens with one attached hydrogen (secondary N) is 2. The van der Waals surface area contributed by atoms with E-state index < -0.39 is 23.1 Å². The van der Waals surface area contributed by atoms with Crippen LogP contribution in [0.2, 0.25) is 0 Å². The minimum absolute atomic E-state index is 0.0419. The Morgan fingerprint density at radius 3 is 2.75 bits per heavy atom. The summed E-state index contributed by atoms with van der Waals surface area (Å²) < 4.78 is 26.4. The van der Waals surface area contributed by atoms with Crippen molar-refractivity contribution in [3.05, 3.63) is 69.0 Å². The molecule has 8 heteroatoms. The first-order valence-electron chi connectivity index (χ1n) is 6.87. The van der Waals surface area contributed by atoms with Gasteiger partial charge in [0.2, 0.25) is 0 Å². The lowest BCUT2D eigenvalue weighted by atomic mass is 10.1. The monoisotopic (exact) mass is 347 g/mol. The van der Waals surface area contributed by atoms with Crippen molar-refractivity contribution in [1.29, 1.82) is 0 Å². The summed E-state index contributed by atoms with van der Waals surface area (Å²) >= 11 is 1.18. The van der Waals surface area contributed by atoms with Crippen molar-refractivity contribution in [3.63, 3.8) is 0 Å². The number of carbonyl (C=O) groups excluding carboxylic acids is 1. The third kappa shape index (κ3) is 3.09. The Kier molecular flexibility index (Phi) is 4.22.